The van der Waals surface area contributed by atoms with Gasteiger partial charge < -0.3 is 15.6 Å². The van der Waals surface area contributed by atoms with Crippen LogP contribution in [-0.2, 0) is 10.0 Å². The van der Waals surface area contributed by atoms with Crippen LogP contribution in [0.3, 0.4) is 0 Å². The van der Waals surface area contributed by atoms with Gasteiger partial charge >= 0.3 is 0 Å². The van der Waals surface area contributed by atoms with Crippen molar-refractivity contribution in [2.24, 2.45) is 0 Å². The Morgan fingerprint density at radius 3 is 2.48 bits per heavy atom. The number of ether oxygens (including phenoxy) is 1. The van der Waals surface area contributed by atoms with Crippen molar-refractivity contribution in [3.8, 4) is 5.75 Å². The molecule has 21 heavy (non-hydrogen) atoms. The van der Waals surface area contributed by atoms with Gasteiger partial charge in [-0.1, -0.05) is 0 Å². The van der Waals surface area contributed by atoms with Gasteiger partial charge in [-0.3, -0.25) is 4.90 Å². The summed E-state index contributed by atoms with van der Waals surface area (Å²) >= 11 is 0. The molecule has 0 amide bonds. The number of hydrogen-bond donors (Lipinski definition) is 2. The number of sulfonamides is 1. The van der Waals surface area contributed by atoms with Gasteiger partial charge in [-0.2, -0.15) is 4.31 Å². The van der Waals surface area contributed by atoms with Crippen LogP contribution < -0.4 is 10.5 Å². The Balaban J connectivity index is 2.16. The number of aliphatic hydroxyl groups excluding tert-OH is 1. The van der Waals surface area contributed by atoms with Crippen molar-refractivity contribution in [1.82, 2.24) is 9.21 Å². The molecule has 0 spiro atoms. The van der Waals surface area contributed by atoms with Gasteiger partial charge in [-0.05, 0) is 12.1 Å². The maximum Gasteiger partial charge on any atom is 0.245 e. The molecule has 1 aliphatic rings. The molecular weight excluding hydrogens is 294 g/mol. The molecule has 2 rings (SSSR count). The third kappa shape index (κ3) is 3.46. The summed E-state index contributed by atoms with van der Waals surface area (Å²) in [4.78, 5) is 2.14. The Labute approximate surface area is 125 Å². The third-order valence-electron chi connectivity index (χ3n) is 3.58. The number of rotatable bonds is 5. The molecule has 0 saturated carbocycles. The lowest BCUT2D eigenvalue weighted by atomic mass is 10.3. The quantitative estimate of drug-likeness (QED) is 0.716. The lowest BCUT2D eigenvalue weighted by Crippen LogP contribution is -2.49. The molecule has 8 heteroatoms. The van der Waals surface area contributed by atoms with Crippen LogP contribution in [0.25, 0.3) is 0 Å². The molecule has 0 atom stereocenters. The van der Waals surface area contributed by atoms with Crippen molar-refractivity contribution in [1.29, 1.82) is 0 Å². The number of piperazine rings is 1. The predicted octanol–water partition coefficient (Wildman–Crippen LogP) is -0.424. The van der Waals surface area contributed by atoms with Crippen LogP contribution in [0.1, 0.15) is 0 Å². The van der Waals surface area contributed by atoms with Crippen molar-refractivity contribution in [2.45, 2.75) is 4.90 Å². The molecule has 0 aromatic heterocycles. The Morgan fingerprint density at radius 1 is 1.29 bits per heavy atom. The van der Waals surface area contributed by atoms with E-state index in [2.05, 4.69) is 0 Å². The van der Waals surface area contributed by atoms with Gasteiger partial charge in [0.25, 0.3) is 0 Å². The second-order valence-electron chi connectivity index (χ2n) is 4.87. The number of benzene rings is 1. The molecule has 7 nitrogen and oxygen atoms in total. The molecule has 1 heterocycles. The van der Waals surface area contributed by atoms with Crippen molar-refractivity contribution < 1.29 is 18.3 Å². The van der Waals surface area contributed by atoms with E-state index in [1.54, 1.807) is 6.07 Å². The highest BCUT2D eigenvalue weighted by Gasteiger charge is 2.29. The van der Waals surface area contributed by atoms with Gasteiger partial charge in [0.2, 0.25) is 10.0 Å². The summed E-state index contributed by atoms with van der Waals surface area (Å²) in [6.45, 7) is 2.66. The number of anilines is 1. The molecule has 0 aliphatic carbocycles. The summed E-state index contributed by atoms with van der Waals surface area (Å²) < 4.78 is 31.7. The molecule has 1 aromatic carbocycles. The fourth-order valence-electron chi connectivity index (χ4n) is 2.36. The average Bonchev–Trinajstić information content (AvgIpc) is 2.47. The summed E-state index contributed by atoms with van der Waals surface area (Å²) in [5.74, 6) is 0.527. The maximum atomic E-state index is 12.6. The van der Waals surface area contributed by atoms with E-state index in [9.17, 15) is 8.42 Å². The molecular formula is C13H21N3O4S. The van der Waals surface area contributed by atoms with E-state index >= 15 is 0 Å². The van der Waals surface area contributed by atoms with Crippen LogP contribution in [-0.4, -0.2) is 69.2 Å². The van der Waals surface area contributed by atoms with Crippen LogP contribution in [0.5, 0.6) is 5.75 Å². The van der Waals surface area contributed by atoms with E-state index in [4.69, 9.17) is 15.6 Å². The zero-order chi connectivity index (χ0) is 15.5. The minimum atomic E-state index is -3.59. The Morgan fingerprint density at radius 2 is 1.95 bits per heavy atom. The zero-order valence-corrected chi connectivity index (χ0v) is 12.8. The van der Waals surface area contributed by atoms with Gasteiger partial charge in [-0.15, -0.1) is 0 Å². The standard InChI is InChI=1S/C13H21N3O4S/c1-20-11-2-3-13(12(14)10-11)21(18,19)16-6-4-15(5-7-16)8-9-17/h2-3,10,17H,4-9,14H2,1H3. The highest BCUT2D eigenvalue weighted by Crippen LogP contribution is 2.27. The number of β-amino-alcohol motifs (C(OH)–C–C–N with tert-alkyl or cyclic N) is 1. The lowest BCUT2D eigenvalue weighted by molar-refractivity contribution is 0.151. The lowest BCUT2D eigenvalue weighted by Gasteiger charge is -2.33. The van der Waals surface area contributed by atoms with E-state index < -0.39 is 10.0 Å². The molecule has 1 saturated heterocycles. The van der Waals surface area contributed by atoms with Gasteiger partial charge in [-0.25, -0.2) is 8.42 Å². The van der Waals surface area contributed by atoms with E-state index in [0.717, 1.165) is 0 Å². The predicted molar refractivity (Wildman–Crippen MR) is 79.7 cm³/mol. The highest BCUT2D eigenvalue weighted by molar-refractivity contribution is 7.89. The topological polar surface area (TPSA) is 96.1 Å². The molecule has 0 unspecified atom stereocenters. The molecule has 118 valence electrons. The first-order chi connectivity index (χ1) is 9.98. The van der Waals surface area contributed by atoms with Crippen LogP contribution in [0.15, 0.2) is 23.1 Å². The Kier molecular flexibility index (Phi) is 5.04. The molecule has 0 radical (unpaired) electrons. The minimum absolute atomic E-state index is 0.0815. The summed E-state index contributed by atoms with van der Waals surface area (Å²) in [5.41, 5.74) is 6.02. The van der Waals surface area contributed by atoms with Gasteiger partial charge in [0.1, 0.15) is 10.6 Å². The summed E-state index contributed by atoms with van der Waals surface area (Å²) in [7, 11) is -2.09. The highest BCUT2D eigenvalue weighted by atomic mass is 32.2. The van der Waals surface area contributed by atoms with Crippen molar-refractivity contribution >= 4 is 15.7 Å². The van der Waals surface area contributed by atoms with Gasteiger partial charge in [0.15, 0.2) is 0 Å². The SMILES string of the molecule is COc1ccc(S(=O)(=O)N2CCN(CCO)CC2)c(N)c1. The van der Waals surface area contributed by atoms with Crippen LogP contribution in [0.2, 0.25) is 0 Å². The van der Waals surface area contributed by atoms with Crippen molar-refractivity contribution in [2.75, 3.05) is 52.2 Å². The number of nitrogens with zero attached hydrogens (tertiary/aromatic N) is 2. The van der Waals surface area contributed by atoms with E-state index in [0.29, 0.717) is 38.5 Å². The summed E-state index contributed by atoms with van der Waals surface area (Å²) in [6, 6.07) is 4.57. The normalized spacial score (nSPS) is 17.8. The average molecular weight is 315 g/mol. The zero-order valence-electron chi connectivity index (χ0n) is 12.0. The number of nitrogens with two attached hydrogens (primary N) is 1. The first-order valence-corrected chi connectivity index (χ1v) is 8.20. The van der Waals surface area contributed by atoms with Crippen molar-refractivity contribution in [3.63, 3.8) is 0 Å². The van der Waals surface area contributed by atoms with E-state index in [1.807, 2.05) is 4.90 Å². The Bertz CT molecular complexity index is 583. The fraction of sp³-hybridized carbons (Fsp3) is 0.538. The summed E-state index contributed by atoms with van der Waals surface area (Å²) in [6.07, 6.45) is 0. The molecule has 1 fully saturated rings. The number of nitrogen functional groups attached to an aromatic ring is 1. The van der Waals surface area contributed by atoms with Crippen LogP contribution in [0, 0.1) is 0 Å². The maximum absolute atomic E-state index is 12.6. The second-order valence-corrected chi connectivity index (χ2v) is 6.78. The van der Waals surface area contributed by atoms with Crippen LogP contribution >= 0.6 is 0 Å². The molecule has 1 aromatic rings. The second kappa shape index (κ2) is 6.61. The number of aliphatic hydroxyl groups is 1. The Hall–Kier alpha value is -1.35. The first kappa shape index (κ1) is 16.0. The van der Waals surface area contributed by atoms with Gasteiger partial charge in [0.05, 0.1) is 19.4 Å². The van der Waals surface area contributed by atoms with Gasteiger partial charge in [0, 0.05) is 38.8 Å². The molecule has 0 bridgehead atoms. The summed E-state index contributed by atoms with van der Waals surface area (Å²) in [5, 5.41) is 8.91. The minimum Gasteiger partial charge on any atom is -0.497 e. The number of methoxy groups -OCH3 is 1. The van der Waals surface area contributed by atoms with Crippen LogP contribution in [0.4, 0.5) is 5.69 Å². The molecule has 1 aliphatic heterocycles. The first-order valence-electron chi connectivity index (χ1n) is 6.76. The third-order valence-corrected chi connectivity index (χ3v) is 5.55. The molecule has 3 N–H and O–H groups in total. The van der Waals surface area contributed by atoms with E-state index in [-0.39, 0.29) is 17.2 Å². The van der Waals surface area contributed by atoms with E-state index in [1.165, 1.54) is 23.5 Å². The fourth-order valence-corrected chi connectivity index (χ4v) is 3.88. The van der Waals surface area contributed by atoms with Crippen molar-refractivity contribution in [3.05, 3.63) is 18.2 Å². The smallest absolute Gasteiger partial charge is 0.245 e. The number of hydrogen-bond acceptors (Lipinski definition) is 6. The largest absolute Gasteiger partial charge is 0.497 e. The monoisotopic (exact) mass is 315 g/mol.